The summed E-state index contributed by atoms with van der Waals surface area (Å²) >= 11 is 1.37. The summed E-state index contributed by atoms with van der Waals surface area (Å²) in [6.45, 7) is 0. The van der Waals surface area contributed by atoms with E-state index in [-0.39, 0.29) is 11.4 Å². The molecule has 0 unspecified atom stereocenters. The van der Waals surface area contributed by atoms with E-state index in [4.69, 9.17) is 4.52 Å². The molecular formula is C15H9F3N4O4S. The van der Waals surface area contributed by atoms with Crippen molar-refractivity contribution < 1.29 is 27.4 Å². The van der Waals surface area contributed by atoms with Crippen LogP contribution in [0.4, 0.5) is 24.5 Å². The number of nitro groups is 1. The highest BCUT2D eigenvalue weighted by Crippen LogP contribution is 2.34. The molecule has 0 saturated heterocycles. The van der Waals surface area contributed by atoms with Crippen LogP contribution < -0.4 is 10.9 Å². The second-order valence-corrected chi connectivity index (χ2v) is 6.07. The van der Waals surface area contributed by atoms with Gasteiger partial charge in [0.25, 0.3) is 11.6 Å². The standard InChI is InChI=1S/C15H9F3N4O4S/c16-15(17,18)8-3-4-9(11(6-8)22(24)25)19-20-14(23)10-7-12(26-21-10)13-2-1-5-27-13/h1-7,19H,(H,20,23). The van der Waals surface area contributed by atoms with Crippen molar-refractivity contribution in [1.29, 1.82) is 0 Å². The molecule has 2 heterocycles. The molecule has 0 saturated carbocycles. The molecule has 1 amide bonds. The average molecular weight is 398 g/mol. The maximum atomic E-state index is 12.7. The maximum absolute atomic E-state index is 12.7. The Morgan fingerprint density at radius 3 is 2.67 bits per heavy atom. The maximum Gasteiger partial charge on any atom is 0.416 e. The Morgan fingerprint density at radius 2 is 2.04 bits per heavy atom. The number of benzene rings is 1. The third-order valence-corrected chi connectivity index (χ3v) is 4.22. The number of rotatable bonds is 5. The van der Waals surface area contributed by atoms with E-state index in [1.165, 1.54) is 17.4 Å². The van der Waals surface area contributed by atoms with Gasteiger partial charge in [-0.1, -0.05) is 11.2 Å². The Hall–Kier alpha value is -3.41. The quantitative estimate of drug-likeness (QED) is 0.495. The number of nitrogens with one attached hydrogen (secondary N) is 2. The number of carbonyl (C=O) groups excluding carboxylic acids is 1. The number of amides is 1. The van der Waals surface area contributed by atoms with Gasteiger partial charge < -0.3 is 4.52 Å². The zero-order chi connectivity index (χ0) is 19.6. The normalized spacial score (nSPS) is 11.2. The SMILES string of the molecule is O=C(NNc1ccc(C(F)(F)F)cc1[N+](=O)[O-])c1cc(-c2cccs2)on1. The van der Waals surface area contributed by atoms with Gasteiger partial charge in [-0.3, -0.25) is 25.8 Å². The molecule has 3 rings (SSSR count). The molecule has 3 aromatic rings. The van der Waals surface area contributed by atoms with Gasteiger partial charge in [0.05, 0.1) is 15.4 Å². The molecule has 140 valence electrons. The Morgan fingerprint density at radius 1 is 1.26 bits per heavy atom. The van der Waals surface area contributed by atoms with E-state index in [1.54, 1.807) is 12.1 Å². The molecule has 2 aromatic heterocycles. The van der Waals surface area contributed by atoms with E-state index in [9.17, 15) is 28.1 Å². The van der Waals surface area contributed by atoms with E-state index in [1.807, 2.05) is 5.38 Å². The third-order valence-electron chi connectivity index (χ3n) is 3.34. The lowest BCUT2D eigenvalue weighted by atomic mass is 10.1. The Balaban J connectivity index is 1.74. The number of nitro benzene ring substituents is 1. The summed E-state index contributed by atoms with van der Waals surface area (Å²) in [6.07, 6.45) is -4.73. The summed E-state index contributed by atoms with van der Waals surface area (Å²) in [5, 5.41) is 16.4. The van der Waals surface area contributed by atoms with E-state index in [2.05, 4.69) is 16.0 Å². The molecule has 0 fully saturated rings. The van der Waals surface area contributed by atoms with E-state index >= 15 is 0 Å². The third kappa shape index (κ3) is 4.06. The first-order valence-corrected chi connectivity index (χ1v) is 8.06. The molecular weight excluding hydrogens is 389 g/mol. The highest BCUT2D eigenvalue weighted by atomic mass is 32.1. The highest BCUT2D eigenvalue weighted by Gasteiger charge is 2.33. The number of hydrogen-bond acceptors (Lipinski definition) is 7. The number of aromatic nitrogens is 1. The molecule has 0 aliphatic carbocycles. The fraction of sp³-hybridized carbons (Fsp3) is 0.0667. The molecule has 27 heavy (non-hydrogen) atoms. The van der Waals surface area contributed by atoms with Gasteiger partial charge in [0.1, 0.15) is 5.69 Å². The van der Waals surface area contributed by atoms with Crippen LogP contribution in [0, 0.1) is 10.1 Å². The molecule has 0 aliphatic rings. The zero-order valence-electron chi connectivity index (χ0n) is 13.1. The minimum Gasteiger partial charge on any atom is -0.355 e. The molecule has 0 bridgehead atoms. The minimum absolute atomic E-state index is 0.111. The molecule has 0 aliphatic heterocycles. The first kappa shape index (κ1) is 18.4. The van der Waals surface area contributed by atoms with Gasteiger partial charge in [0.15, 0.2) is 11.5 Å². The molecule has 0 spiro atoms. The summed E-state index contributed by atoms with van der Waals surface area (Å²) in [7, 11) is 0. The van der Waals surface area contributed by atoms with Crippen LogP contribution in [-0.4, -0.2) is 16.0 Å². The molecule has 1 aromatic carbocycles. The number of anilines is 1. The van der Waals surface area contributed by atoms with Crippen molar-refractivity contribution in [2.45, 2.75) is 6.18 Å². The fourth-order valence-corrected chi connectivity index (χ4v) is 2.74. The Bertz CT molecular complexity index is 985. The summed E-state index contributed by atoms with van der Waals surface area (Å²) in [4.78, 5) is 22.8. The Kier molecular flexibility index (Phi) is 4.81. The summed E-state index contributed by atoms with van der Waals surface area (Å²) < 4.78 is 43.1. The number of hydrogen-bond donors (Lipinski definition) is 2. The number of hydrazine groups is 1. The monoisotopic (exact) mass is 398 g/mol. The van der Waals surface area contributed by atoms with Crippen molar-refractivity contribution >= 4 is 28.6 Å². The number of carbonyl (C=O) groups is 1. The number of nitrogens with zero attached hydrogens (tertiary/aromatic N) is 2. The van der Waals surface area contributed by atoms with Gasteiger partial charge in [0, 0.05) is 12.1 Å². The van der Waals surface area contributed by atoms with Crippen LogP contribution >= 0.6 is 11.3 Å². The largest absolute Gasteiger partial charge is 0.416 e. The second kappa shape index (κ2) is 7.07. The van der Waals surface area contributed by atoms with Crippen molar-refractivity contribution in [3.8, 4) is 10.6 Å². The van der Waals surface area contributed by atoms with E-state index in [0.29, 0.717) is 17.9 Å². The van der Waals surface area contributed by atoms with Gasteiger partial charge in [-0.05, 0) is 23.6 Å². The first-order valence-electron chi connectivity index (χ1n) is 7.18. The fourth-order valence-electron chi connectivity index (χ4n) is 2.07. The van der Waals surface area contributed by atoms with Crippen molar-refractivity contribution in [1.82, 2.24) is 10.6 Å². The molecule has 12 heteroatoms. The van der Waals surface area contributed by atoms with Gasteiger partial charge in [-0.25, -0.2) is 0 Å². The molecule has 2 N–H and O–H groups in total. The van der Waals surface area contributed by atoms with E-state index < -0.39 is 28.3 Å². The lowest BCUT2D eigenvalue weighted by Crippen LogP contribution is -2.30. The smallest absolute Gasteiger partial charge is 0.355 e. The van der Waals surface area contributed by atoms with Crippen LogP contribution in [0.1, 0.15) is 16.1 Å². The molecule has 0 radical (unpaired) electrons. The number of halogens is 3. The van der Waals surface area contributed by atoms with Gasteiger partial charge in [0.2, 0.25) is 0 Å². The van der Waals surface area contributed by atoms with Crippen molar-refractivity contribution in [3.63, 3.8) is 0 Å². The van der Waals surface area contributed by atoms with Crippen LogP contribution in [-0.2, 0) is 6.18 Å². The summed E-state index contributed by atoms with van der Waals surface area (Å²) in [5.41, 5.74) is 1.91. The second-order valence-electron chi connectivity index (χ2n) is 5.12. The van der Waals surface area contributed by atoms with Crippen LogP contribution in [0.25, 0.3) is 10.6 Å². The zero-order valence-corrected chi connectivity index (χ0v) is 13.9. The van der Waals surface area contributed by atoms with Gasteiger partial charge >= 0.3 is 6.18 Å². The van der Waals surface area contributed by atoms with Crippen molar-refractivity contribution in [2.75, 3.05) is 5.43 Å². The summed E-state index contributed by atoms with van der Waals surface area (Å²) in [6, 6.07) is 6.79. The average Bonchev–Trinajstić information content (AvgIpc) is 3.29. The topological polar surface area (TPSA) is 110 Å². The van der Waals surface area contributed by atoms with Gasteiger partial charge in [-0.2, -0.15) is 13.2 Å². The number of alkyl halides is 3. The van der Waals surface area contributed by atoms with Crippen LogP contribution in [0.2, 0.25) is 0 Å². The van der Waals surface area contributed by atoms with Crippen LogP contribution in [0.5, 0.6) is 0 Å². The number of thiophene rings is 1. The minimum atomic E-state index is -4.73. The van der Waals surface area contributed by atoms with Crippen LogP contribution in [0.15, 0.2) is 46.3 Å². The van der Waals surface area contributed by atoms with Crippen LogP contribution in [0.3, 0.4) is 0 Å². The lowest BCUT2D eigenvalue weighted by molar-refractivity contribution is -0.384. The van der Waals surface area contributed by atoms with E-state index in [0.717, 1.165) is 10.9 Å². The summed E-state index contributed by atoms with van der Waals surface area (Å²) in [5.74, 6) is -0.425. The predicted octanol–water partition coefficient (Wildman–Crippen LogP) is 4.09. The van der Waals surface area contributed by atoms with Crippen molar-refractivity contribution in [2.24, 2.45) is 0 Å². The predicted molar refractivity (Wildman–Crippen MR) is 89.0 cm³/mol. The van der Waals surface area contributed by atoms with Gasteiger partial charge in [-0.15, -0.1) is 11.3 Å². The molecule has 8 nitrogen and oxygen atoms in total. The highest BCUT2D eigenvalue weighted by molar-refractivity contribution is 7.13. The van der Waals surface area contributed by atoms with Crippen molar-refractivity contribution in [3.05, 3.63) is 63.1 Å². The first-order chi connectivity index (χ1) is 12.8. The molecule has 0 atom stereocenters. The Labute approximate surface area is 152 Å². The lowest BCUT2D eigenvalue weighted by Gasteiger charge is -2.10.